The lowest BCUT2D eigenvalue weighted by atomic mass is 10.1. The minimum Gasteiger partial charge on any atom is -0.508 e. The average Bonchev–Trinajstić information content (AvgIpc) is 2.69. The fourth-order valence-corrected chi connectivity index (χ4v) is 2.39. The first-order valence-electron chi connectivity index (χ1n) is 6.84. The van der Waals surface area contributed by atoms with Crippen LogP contribution in [0.3, 0.4) is 0 Å². The third-order valence-electron chi connectivity index (χ3n) is 3.43. The normalized spacial score (nSPS) is 16.3. The smallest absolute Gasteiger partial charge is 0.120 e. The molecule has 1 aromatic heterocycles. The minimum absolute atomic E-state index is 0.362. The summed E-state index contributed by atoms with van der Waals surface area (Å²) in [5.41, 5.74) is 2.90. The number of rotatable bonds is 2. The maximum Gasteiger partial charge on any atom is 0.120 e. The Morgan fingerprint density at radius 1 is 1.15 bits per heavy atom. The molecule has 0 spiro atoms. The molecule has 1 aliphatic heterocycles. The second-order valence-corrected chi connectivity index (χ2v) is 4.87. The number of nitrogens with zero attached hydrogens (tertiary/aromatic N) is 2. The van der Waals surface area contributed by atoms with Gasteiger partial charge in [-0.05, 0) is 37.1 Å². The molecule has 0 radical (unpaired) electrons. The van der Waals surface area contributed by atoms with Gasteiger partial charge in [0.15, 0.2) is 0 Å². The molecule has 0 saturated heterocycles. The maximum atomic E-state index is 9.89. The SMILES string of the molecule is Oc1cccc2c1CCCC(=NCc1ccccn1)N2. The van der Waals surface area contributed by atoms with Gasteiger partial charge >= 0.3 is 0 Å². The number of aromatic nitrogens is 1. The lowest BCUT2D eigenvalue weighted by Crippen LogP contribution is -2.11. The van der Waals surface area contributed by atoms with Crippen molar-refractivity contribution in [3.63, 3.8) is 0 Å². The van der Waals surface area contributed by atoms with E-state index in [-0.39, 0.29) is 0 Å². The van der Waals surface area contributed by atoms with Crippen LogP contribution in [0.4, 0.5) is 5.69 Å². The van der Waals surface area contributed by atoms with Crippen LogP contribution in [0.15, 0.2) is 47.6 Å². The highest BCUT2D eigenvalue weighted by molar-refractivity contribution is 5.97. The molecular formula is C16H17N3O. The van der Waals surface area contributed by atoms with Crippen molar-refractivity contribution < 1.29 is 5.11 Å². The molecule has 0 saturated carbocycles. The van der Waals surface area contributed by atoms with Crippen LogP contribution < -0.4 is 5.32 Å². The van der Waals surface area contributed by atoms with Crippen molar-refractivity contribution in [3.8, 4) is 5.75 Å². The first-order chi connectivity index (χ1) is 9.83. The number of anilines is 1. The monoisotopic (exact) mass is 267 g/mol. The van der Waals surface area contributed by atoms with Gasteiger partial charge in [0.05, 0.1) is 12.2 Å². The summed E-state index contributed by atoms with van der Waals surface area (Å²) in [5.74, 6) is 1.32. The van der Waals surface area contributed by atoms with E-state index in [0.717, 1.165) is 42.0 Å². The number of phenols is 1. The molecule has 20 heavy (non-hydrogen) atoms. The predicted octanol–water partition coefficient (Wildman–Crippen LogP) is 3.13. The highest BCUT2D eigenvalue weighted by Crippen LogP contribution is 2.29. The number of hydrogen-bond donors (Lipinski definition) is 2. The fraction of sp³-hybridized carbons (Fsp3) is 0.250. The Kier molecular flexibility index (Phi) is 3.63. The van der Waals surface area contributed by atoms with Crippen LogP contribution in [0.5, 0.6) is 5.75 Å². The lowest BCUT2D eigenvalue weighted by molar-refractivity contribution is 0.468. The maximum absolute atomic E-state index is 9.89. The van der Waals surface area contributed by atoms with Gasteiger partial charge < -0.3 is 10.4 Å². The molecule has 1 aliphatic rings. The van der Waals surface area contributed by atoms with E-state index in [0.29, 0.717) is 12.3 Å². The molecule has 4 nitrogen and oxygen atoms in total. The summed E-state index contributed by atoms with van der Waals surface area (Å²) >= 11 is 0. The number of aliphatic imine (C=N–C) groups is 1. The molecule has 0 unspecified atom stereocenters. The van der Waals surface area contributed by atoms with Crippen molar-refractivity contribution in [2.45, 2.75) is 25.8 Å². The quantitative estimate of drug-likeness (QED) is 0.879. The molecule has 0 aliphatic carbocycles. The summed E-state index contributed by atoms with van der Waals surface area (Å²) in [5, 5.41) is 13.2. The van der Waals surface area contributed by atoms with Crippen LogP contribution >= 0.6 is 0 Å². The average molecular weight is 267 g/mol. The first kappa shape index (κ1) is 12.7. The van der Waals surface area contributed by atoms with Gasteiger partial charge in [-0.2, -0.15) is 0 Å². The van der Waals surface area contributed by atoms with Gasteiger partial charge in [-0.3, -0.25) is 9.98 Å². The molecule has 0 fully saturated rings. The fourth-order valence-electron chi connectivity index (χ4n) is 2.39. The molecule has 2 N–H and O–H groups in total. The third kappa shape index (κ3) is 2.79. The molecule has 3 rings (SSSR count). The van der Waals surface area contributed by atoms with Gasteiger partial charge in [0.1, 0.15) is 11.6 Å². The molecule has 1 aromatic carbocycles. The van der Waals surface area contributed by atoms with E-state index in [1.807, 2.05) is 30.3 Å². The number of fused-ring (bicyclic) bond motifs is 1. The number of benzene rings is 1. The first-order valence-corrected chi connectivity index (χ1v) is 6.84. The van der Waals surface area contributed by atoms with Crippen LogP contribution in [0.2, 0.25) is 0 Å². The zero-order valence-corrected chi connectivity index (χ0v) is 11.2. The van der Waals surface area contributed by atoms with E-state index >= 15 is 0 Å². The van der Waals surface area contributed by atoms with E-state index in [1.54, 1.807) is 12.3 Å². The Morgan fingerprint density at radius 3 is 2.95 bits per heavy atom. The second kappa shape index (κ2) is 5.74. The zero-order chi connectivity index (χ0) is 13.8. The number of nitrogens with one attached hydrogen (secondary N) is 1. The number of amidine groups is 1. The summed E-state index contributed by atoms with van der Waals surface area (Å²) in [6, 6.07) is 11.4. The predicted molar refractivity (Wildman–Crippen MR) is 80.0 cm³/mol. The van der Waals surface area contributed by atoms with Crippen LogP contribution in [-0.2, 0) is 13.0 Å². The topological polar surface area (TPSA) is 57.5 Å². The van der Waals surface area contributed by atoms with E-state index in [9.17, 15) is 5.11 Å². The Morgan fingerprint density at radius 2 is 2.10 bits per heavy atom. The van der Waals surface area contributed by atoms with E-state index in [2.05, 4.69) is 15.3 Å². The Bertz CT molecular complexity index is 623. The van der Waals surface area contributed by atoms with Gasteiger partial charge in [0, 0.05) is 23.9 Å². The van der Waals surface area contributed by atoms with Crippen molar-refractivity contribution >= 4 is 11.5 Å². The summed E-state index contributed by atoms with van der Waals surface area (Å²) in [6.45, 7) is 0.581. The van der Waals surface area contributed by atoms with Crippen LogP contribution in [0.25, 0.3) is 0 Å². The summed E-state index contributed by atoms with van der Waals surface area (Å²) in [7, 11) is 0. The van der Waals surface area contributed by atoms with Gasteiger partial charge in [-0.25, -0.2) is 0 Å². The van der Waals surface area contributed by atoms with Gasteiger partial charge in [0.25, 0.3) is 0 Å². The summed E-state index contributed by atoms with van der Waals surface area (Å²) < 4.78 is 0. The van der Waals surface area contributed by atoms with E-state index in [1.165, 1.54) is 0 Å². The number of phenolic OH excluding ortho intramolecular Hbond substituents is 1. The molecule has 102 valence electrons. The zero-order valence-electron chi connectivity index (χ0n) is 11.2. The van der Waals surface area contributed by atoms with Gasteiger partial charge in [-0.15, -0.1) is 0 Å². The van der Waals surface area contributed by atoms with Crippen molar-refractivity contribution in [3.05, 3.63) is 53.9 Å². The molecule has 0 bridgehead atoms. The van der Waals surface area contributed by atoms with Crippen LogP contribution in [0.1, 0.15) is 24.1 Å². The number of pyridine rings is 1. The highest BCUT2D eigenvalue weighted by atomic mass is 16.3. The minimum atomic E-state index is 0.362. The Hall–Kier alpha value is -2.36. The lowest BCUT2D eigenvalue weighted by Gasteiger charge is -2.09. The van der Waals surface area contributed by atoms with Crippen LogP contribution in [0, 0.1) is 0 Å². The van der Waals surface area contributed by atoms with Crippen molar-refractivity contribution in [2.75, 3.05) is 5.32 Å². The molecule has 2 heterocycles. The third-order valence-corrected chi connectivity index (χ3v) is 3.43. The molecule has 2 aromatic rings. The number of hydrogen-bond acceptors (Lipinski definition) is 3. The molecule has 0 atom stereocenters. The second-order valence-electron chi connectivity index (χ2n) is 4.87. The molecular weight excluding hydrogens is 250 g/mol. The van der Waals surface area contributed by atoms with Crippen LogP contribution in [-0.4, -0.2) is 15.9 Å². The Balaban J connectivity index is 1.79. The highest BCUT2D eigenvalue weighted by Gasteiger charge is 2.14. The molecule has 4 heteroatoms. The molecule has 0 amide bonds. The van der Waals surface area contributed by atoms with Crippen molar-refractivity contribution in [2.24, 2.45) is 4.99 Å². The largest absolute Gasteiger partial charge is 0.508 e. The summed E-state index contributed by atoms with van der Waals surface area (Å²) in [4.78, 5) is 8.87. The number of aromatic hydroxyl groups is 1. The van der Waals surface area contributed by atoms with Crippen molar-refractivity contribution in [1.82, 2.24) is 4.98 Å². The van der Waals surface area contributed by atoms with E-state index in [4.69, 9.17) is 0 Å². The Labute approximate surface area is 118 Å². The van der Waals surface area contributed by atoms with Crippen molar-refractivity contribution in [1.29, 1.82) is 0 Å². The van der Waals surface area contributed by atoms with E-state index < -0.39 is 0 Å². The summed E-state index contributed by atoms with van der Waals surface area (Å²) in [6.07, 6.45) is 4.53. The van der Waals surface area contributed by atoms with Gasteiger partial charge in [0.2, 0.25) is 0 Å². The standard InChI is InChI=1S/C16H17N3O/c20-15-8-4-7-14-13(15)6-3-9-16(19-14)18-11-12-5-1-2-10-17-12/h1-2,4-5,7-8,10,20H,3,6,9,11H2,(H,18,19). The van der Waals surface area contributed by atoms with Gasteiger partial charge in [-0.1, -0.05) is 12.1 Å².